The van der Waals surface area contributed by atoms with Gasteiger partial charge in [0.1, 0.15) is 5.82 Å². The zero-order valence-corrected chi connectivity index (χ0v) is 9.76. The van der Waals surface area contributed by atoms with Crippen molar-refractivity contribution in [3.05, 3.63) is 35.6 Å². The number of nitrogens with zero attached hydrogens (tertiary/aromatic N) is 1. The van der Waals surface area contributed by atoms with Gasteiger partial charge in [0.25, 0.3) is 0 Å². The molecule has 2 nitrogen and oxygen atoms in total. The van der Waals surface area contributed by atoms with Gasteiger partial charge in [0.15, 0.2) is 0 Å². The van der Waals surface area contributed by atoms with Gasteiger partial charge in [0.2, 0.25) is 0 Å². The van der Waals surface area contributed by atoms with Crippen molar-refractivity contribution in [3.8, 4) is 6.07 Å². The lowest BCUT2D eigenvalue weighted by Gasteiger charge is -2.21. The third-order valence-corrected chi connectivity index (χ3v) is 2.83. The molecule has 1 aromatic carbocycles. The zero-order chi connectivity index (χ0) is 12.0. The van der Waals surface area contributed by atoms with E-state index >= 15 is 0 Å². The number of halogens is 1. The Kier molecular flexibility index (Phi) is 4.45. The second kappa shape index (κ2) is 5.62. The van der Waals surface area contributed by atoms with Crippen LogP contribution in [0.25, 0.3) is 0 Å². The van der Waals surface area contributed by atoms with Crippen LogP contribution in [0.3, 0.4) is 0 Å². The summed E-state index contributed by atoms with van der Waals surface area (Å²) in [5, 5.41) is 12.3. The summed E-state index contributed by atoms with van der Waals surface area (Å²) in [6.45, 7) is 2.79. The van der Waals surface area contributed by atoms with E-state index in [1.165, 1.54) is 12.1 Å². The van der Waals surface area contributed by atoms with E-state index in [4.69, 9.17) is 0 Å². The largest absolute Gasteiger partial charge is 0.320 e. The quantitative estimate of drug-likeness (QED) is 0.774. The maximum Gasteiger partial charge on any atom is 0.123 e. The van der Waals surface area contributed by atoms with Crippen LogP contribution in [0.15, 0.2) is 24.3 Å². The molecule has 16 heavy (non-hydrogen) atoms. The van der Waals surface area contributed by atoms with E-state index in [1.807, 2.05) is 14.0 Å². The normalized spacial score (nSPS) is 14.1. The number of hydrogen-bond acceptors (Lipinski definition) is 2. The lowest BCUT2D eigenvalue weighted by molar-refractivity contribution is 0.515. The van der Waals surface area contributed by atoms with E-state index < -0.39 is 5.41 Å². The minimum Gasteiger partial charge on any atom is -0.320 e. The SMILES string of the molecule is CNCCCC(C)(C#N)c1ccc(F)cc1. The van der Waals surface area contributed by atoms with E-state index in [-0.39, 0.29) is 5.82 Å². The van der Waals surface area contributed by atoms with Gasteiger partial charge in [-0.25, -0.2) is 4.39 Å². The summed E-state index contributed by atoms with van der Waals surface area (Å²) in [7, 11) is 1.89. The molecule has 0 aliphatic carbocycles. The van der Waals surface area contributed by atoms with Gasteiger partial charge < -0.3 is 5.32 Å². The van der Waals surface area contributed by atoms with E-state index in [2.05, 4.69) is 11.4 Å². The average Bonchev–Trinajstić information content (AvgIpc) is 2.30. The van der Waals surface area contributed by atoms with Crippen molar-refractivity contribution in [1.29, 1.82) is 5.26 Å². The fourth-order valence-corrected chi connectivity index (χ4v) is 1.70. The van der Waals surface area contributed by atoms with Crippen LogP contribution in [-0.4, -0.2) is 13.6 Å². The predicted octanol–water partition coefficient (Wildman–Crippen LogP) is 2.61. The van der Waals surface area contributed by atoms with Crippen molar-refractivity contribution in [2.75, 3.05) is 13.6 Å². The topological polar surface area (TPSA) is 35.8 Å². The molecule has 0 spiro atoms. The van der Waals surface area contributed by atoms with Crippen LogP contribution >= 0.6 is 0 Å². The highest BCUT2D eigenvalue weighted by Gasteiger charge is 2.25. The Morgan fingerprint density at radius 3 is 2.50 bits per heavy atom. The fourth-order valence-electron chi connectivity index (χ4n) is 1.70. The van der Waals surface area contributed by atoms with E-state index in [1.54, 1.807) is 12.1 Å². The molecular weight excluding hydrogens is 203 g/mol. The number of hydrogen-bond donors (Lipinski definition) is 1. The third kappa shape index (κ3) is 3.04. The van der Waals surface area contributed by atoms with E-state index in [0.29, 0.717) is 0 Å². The first-order valence-corrected chi connectivity index (χ1v) is 5.44. The van der Waals surface area contributed by atoms with Gasteiger partial charge in [-0.2, -0.15) is 5.26 Å². The van der Waals surface area contributed by atoms with Gasteiger partial charge in [-0.05, 0) is 51.1 Å². The summed E-state index contributed by atoms with van der Waals surface area (Å²) in [5.41, 5.74) is 0.359. The lowest BCUT2D eigenvalue weighted by atomic mass is 9.80. The molecule has 0 bridgehead atoms. The molecule has 0 aliphatic rings. The number of nitrogens with one attached hydrogen (secondary N) is 1. The monoisotopic (exact) mass is 220 g/mol. The van der Waals surface area contributed by atoms with Gasteiger partial charge >= 0.3 is 0 Å². The van der Waals surface area contributed by atoms with Crippen LogP contribution in [0.4, 0.5) is 4.39 Å². The van der Waals surface area contributed by atoms with Crippen molar-refractivity contribution in [1.82, 2.24) is 5.32 Å². The minimum absolute atomic E-state index is 0.265. The van der Waals surface area contributed by atoms with Gasteiger partial charge in [-0.15, -0.1) is 0 Å². The number of benzene rings is 1. The van der Waals surface area contributed by atoms with Gasteiger partial charge in [-0.1, -0.05) is 12.1 Å². The molecule has 0 fully saturated rings. The predicted molar refractivity (Wildman–Crippen MR) is 62.5 cm³/mol. The smallest absolute Gasteiger partial charge is 0.123 e. The molecule has 0 aliphatic heterocycles. The highest BCUT2D eigenvalue weighted by atomic mass is 19.1. The summed E-state index contributed by atoms with van der Waals surface area (Å²) < 4.78 is 12.8. The van der Waals surface area contributed by atoms with Gasteiger partial charge in [0, 0.05) is 0 Å². The van der Waals surface area contributed by atoms with Crippen LogP contribution in [0.2, 0.25) is 0 Å². The first kappa shape index (κ1) is 12.7. The van der Waals surface area contributed by atoms with Crippen molar-refractivity contribution in [2.24, 2.45) is 0 Å². The minimum atomic E-state index is -0.523. The molecule has 1 N–H and O–H groups in total. The highest BCUT2D eigenvalue weighted by Crippen LogP contribution is 2.28. The van der Waals surface area contributed by atoms with Crippen LogP contribution in [-0.2, 0) is 5.41 Å². The van der Waals surface area contributed by atoms with Crippen molar-refractivity contribution < 1.29 is 4.39 Å². The standard InChI is InChI=1S/C13H17FN2/c1-13(10-15,8-3-9-16-2)11-4-6-12(14)7-5-11/h4-7,16H,3,8-9H2,1-2H3. The van der Waals surface area contributed by atoms with Crippen molar-refractivity contribution >= 4 is 0 Å². The Morgan fingerprint density at radius 2 is 2.00 bits per heavy atom. The lowest BCUT2D eigenvalue weighted by Crippen LogP contribution is -2.21. The third-order valence-electron chi connectivity index (χ3n) is 2.83. The van der Waals surface area contributed by atoms with E-state index in [9.17, 15) is 9.65 Å². The maximum absolute atomic E-state index is 12.8. The second-order valence-corrected chi connectivity index (χ2v) is 4.16. The van der Waals surface area contributed by atoms with Gasteiger partial charge in [0.05, 0.1) is 11.5 Å². The van der Waals surface area contributed by atoms with Crippen LogP contribution < -0.4 is 5.32 Å². The van der Waals surface area contributed by atoms with Crippen LogP contribution in [0.1, 0.15) is 25.3 Å². The summed E-state index contributed by atoms with van der Waals surface area (Å²) in [6.07, 6.45) is 1.70. The van der Waals surface area contributed by atoms with Crippen LogP contribution in [0, 0.1) is 17.1 Å². The first-order chi connectivity index (χ1) is 7.62. The maximum atomic E-state index is 12.8. The molecule has 1 aromatic rings. The average molecular weight is 220 g/mol. The molecule has 0 radical (unpaired) electrons. The summed E-state index contributed by atoms with van der Waals surface area (Å²) in [6, 6.07) is 8.52. The van der Waals surface area contributed by atoms with Crippen molar-refractivity contribution in [3.63, 3.8) is 0 Å². The van der Waals surface area contributed by atoms with Crippen LogP contribution in [0.5, 0.6) is 0 Å². The summed E-state index contributed by atoms with van der Waals surface area (Å²) in [5.74, 6) is -0.265. The molecule has 0 heterocycles. The Balaban J connectivity index is 2.79. The Labute approximate surface area is 96.1 Å². The molecule has 3 heteroatoms. The molecule has 86 valence electrons. The molecule has 1 rings (SSSR count). The van der Waals surface area contributed by atoms with Crippen molar-refractivity contribution in [2.45, 2.75) is 25.2 Å². The molecule has 1 unspecified atom stereocenters. The Bertz CT molecular complexity index is 367. The summed E-state index contributed by atoms with van der Waals surface area (Å²) in [4.78, 5) is 0. The molecule has 0 aromatic heterocycles. The van der Waals surface area contributed by atoms with Gasteiger partial charge in [-0.3, -0.25) is 0 Å². The summed E-state index contributed by atoms with van der Waals surface area (Å²) >= 11 is 0. The fraction of sp³-hybridized carbons (Fsp3) is 0.462. The second-order valence-electron chi connectivity index (χ2n) is 4.16. The van der Waals surface area contributed by atoms with E-state index in [0.717, 1.165) is 24.9 Å². The molecular formula is C13H17FN2. The Hall–Kier alpha value is -1.40. The highest BCUT2D eigenvalue weighted by molar-refractivity contribution is 5.31. The molecule has 1 atom stereocenters. The Morgan fingerprint density at radius 1 is 1.38 bits per heavy atom. The molecule has 0 amide bonds. The molecule has 0 saturated carbocycles. The zero-order valence-electron chi connectivity index (χ0n) is 9.76. The molecule has 0 saturated heterocycles. The number of nitriles is 1. The number of rotatable bonds is 5. The first-order valence-electron chi connectivity index (χ1n) is 5.44.